The van der Waals surface area contributed by atoms with Crippen LogP contribution in [-0.4, -0.2) is 74.8 Å². The summed E-state index contributed by atoms with van der Waals surface area (Å²) < 4.78 is 29.9. The second-order valence-corrected chi connectivity index (χ2v) is 11.0. The van der Waals surface area contributed by atoms with Gasteiger partial charge in [-0.15, -0.1) is 0 Å². The summed E-state index contributed by atoms with van der Waals surface area (Å²) in [5.41, 5.74) is 1.24. The first-order valence-corrected chi connectivity index (χ1v) is 13.6. The van der Waals surface area contributed by atoms with Crippen molar-refractivity contribution in [3.8, 4) is 0 Å². The Bertz CT molecular complexity index is 1360. The van der Waals surface area contributed by atoms with Crippen molar-refractivity contribution in [2.75, 3.05) is 50.5 Å². The molecule has 1 fully saturated rings. The topological polar surface area (TPSA) is 123 Å². The van der Waals surface area contributed by atoms with Crippen LogP contribution >= 0.6 is 11.3 Å². The smallest absolute Gasteiger partial charge is 0.269 e. The van der Waals surface area contributed by atoms with Gasteiger partial charge in [-0.05, 0) is 42.0 Å². The van der Waals surface area contributed by atoms with Gasteiger partial charge in [0.05, 0.1) is 33.2 Å². The van der Waals surface area contributed by atoms with Crippen LogP contribution < -0.4 is 4.90 Å². The number of thiazole rings is 1. The number of carbonyl (C=O) groups is 1. The molecule has 0 saturated carbocycles. The maximum atomic E-state index is 13.2. The molecule has 0 spiro atoms. The highest BCUT2D eigenvalue weighted by molar-refractivity contribution is 7.90. The number of aromatic nitrogens is 1. The Balaban J connectivity index is 1.59. The van der Waals surface area contributed by atoms with Crippen molar-refractivity contribution in [1.29, 1.82) is 0 Å². The lowest BCUT2D eigenvalue weighted by molar-refractivity contribution is -0.384. The van der Waals surface area contributed by atoms with E-state index in [4.69, 9.17) is 4.74 Å². The Morgan fingerprint density at radius 1 is 1.23 bits per heavy atom. The SMILES string of the molecule is CS(=O)(=O)c1ccc2nc(N(CCN3CCOCC3)C(=O)/C=C/c3ccc([N+](=O)[O-])cc3)sc2c1. The predicted molar refractivity (Wildman–Crippen MR) is 134 cm³/mol. The van der Waals surface area contributed by atoms with Crippen LogP contribution in [-0.2, 0) is 19.4 Å². The lowest BCUT2D eigenvalue weighted by atomic mass is 10.2. The molecule has 0 N–H and O–H groups in total. The Morgan fingerprint density at radius 2 is 1.94 bits per heavy atom. The van der Waals surface area contributed by atoms with Crippen LogP contribution in [0.4, 0.5) is 10.8 Å². The van der Waals surface area contributed by atoms with Gasteiger partial charge in [0.15, 0.2) is 15.0 Å². The molecule has 12 heteroatoms. The molecule has 2 aromatic carbocycles. The number of amides is 1. The Morgan fingerprint density at radius 3 is 2.60 bits per heavy atom. The molecule has 1 aromatic heterocycles. The fraction of sp³-hybridized carbons (Fsp3) is 0.304. The third-order valence-electron chi connectivity index (χ3n) is 5.54. The molecule has 1 aliphatic rings. The van der Waals surface area contributed by atoms with E-state index in [9.17, 15) is 23.3 Å². The average Bonchev–Trinajstić information content (AvgIpc) is 3.26. The number of fused-ring (bicyclic) bond motifs is 1. The second kappa shape index (κ2) is 10.6. The lowest BCUT2D eigenvalue weighted by Gasteiger charge is -2.28. The third kappa shape index (κ3) is 6.28. The van der Waals surface area contributed by atoms with Gasteiger partial charge in [0.1, 0.15) is 0 Å². The summed E-state index contributed by atoms with van der Waals surface area (Å²) in [5, 5.41) is 11.3. The van der Waals surface area contributed by atoms with Crippen molar-refractivity contribution in [3.63, 3.8) is 0 Å². The Labute approximate surface area is 206 Å². The van der Waals surface area contributed by atoms with Crippen molar-refractivity contribution >= 4 is 54.2 Å². The number of morpholine rings is 1. The molecule has 1 aliphatic heterocycles. The van der Waals surface area contributed by atoms with Crippen LogP contribution in [0.25, 0.3) is 16.3 Å². The largest absolute Gasteiger partial charge is 0.379 e. The fourth-order valence-electron chi connectivity index (χ4n) is 3.57. The number of rotatable bonds is 8. The number of sulfone groups is 1. The minimum Gasteiger partial charge on any atom is -0.379 e. The summed E-state index contributed by atoms with van der Waals surface area (Å²) in [6.07, 6.45) is 4.16. The molecule has 2 heterocycles. The molecule has 0 unspecified atom stereocenters. The molecule has 3 aromatic rings. The van der Waals surface area contributed by atoms with Crippen LogP contribution in [0, 0.1) is 10.1 Å². The first-order chi connectivity index (χ1) is 16.7. The fourth-order valence-corrected chi connectivity index (χ4v) is 5.33. The van der Waals surface area contributed by atoms with Crippen LogP contribution in [0.3, 0.4) is 0 Å². The predicted octanol–water partition coefficient (Wildman–Crippen LogP) is 2.99. The average molecular weight is 517 g/mol. The van der Waals surface area contributed by atoms with E-state index in [1.165, 1.54) is 35.6 Å². The normalized spacial score (nSPS) is 15.0. The number of nitro benzene ring substituents is 1. The standard InChI is InChI=1S/C23H24N4O6S2/c1-35(31,32)19-7-8-20-21(16-19)34-23(24-20)26(11-10-25-12-14-33-15-13-25)22(28)9-4-17-2-5-18(6-3-17)27(29)30/h2-9,16H,10-15H2,1H3/b9-4+. The molecular formula is C23H24N4O6S2. The molecule has 0 radical (unpaired) electrons. The zero-order valence-corrected chi connectivity index (χ0v) is 20.6. The second-order valence-electron chi connectivity index (χ2n) is 8.02. The molecule has 10 nitrogen and oxygen atoms in total. The summed E-state index contributed by atoms with van der Waals surface area (Å²) >= 11 is 1.25. The summed E-state index contributed by atoms with van der Waals surface area (Å²) in [6, 6.07) is 10.6. The molecule has 1 saturated heterocycles. The number of non-ortho nitro benzene ring substituents is 1. The first-order valence-electron chi connectivity index (χ1n) is 10.9. The van der Waals surface area contributed by atoms with E-state index in [1.807, 2.05) is 0 Å². The van der Waals surface area contributed by atoms with Gasteiger partial charge in [0, 0.05) is 50.6 Å². The third-order valence-corrected chi connectivity index (χ3v) is 7.69. The van der Waals surface area contributed by atoms with E-state index < -0.39 is 14.8 Å². The number of hydrogen-bond acceptors (Lipinski definition) is 9. The van der Waals surface area contributed by atoms with Gasteiger partial charge in [0.2, 0.25) is 0 Å². The maximum Gasteiger partial charge on any atom is 0.269 e. The van der Waals surface area contributed by atoms with Gasteiger partial charge in [0.25, 0.3) is 11.6 Å². The Kier molecular flexibility index (Phi) is 7.55. The van der Waals surface area contributed by atoms with E-state index in [1.54, 1.807) is 35.2 Å². The van der Waals surface area contributed by atoms with Crippen LogP contribution in [0.2, 0.25) is 0 Å². The van der Waals surface area contributed by atoms with Crippen molar-refractivity contribution in [3.05, 3.63) is 64.2 Å². The summed E-state index contributed by atoms with van der Waals surface area (Å²) in [4.78, 5) is 32.2. The summed E-state index contributed by atoms with van der Waals surface area (Å²) in [7, 11) is -3.37. The zero-order valence-electron chi connectivity index (χ0n) is 19.0. The highest BCUT2D eigenvalue weighted by Gasteiger charge is 2.21. The molecular weight excluding hydrogens is 492 g/mol. The van der Waals surface area contributed by atoms with E-state index in [0.29, 0.717) is 47.2 Å². The van der Waals surface area contributed by atoms with Gasteiger partial charge >= 0.3 is 0 Å². The van der Waals surface area contributed by atoms with Crippen LogP contribution in [0.15, 0.2) is 53.4 Å². The van der Waals surface area contributed by atoms with Gasteiger partial charge in [-0.2, -0.15) is 0 Å². The van der Waals surface area contributed by atoms with Crippen molar-refractivity contribution in [1.82, 2.24) is 9.88 Å². The molecule has 4 rings (SSSR count). The van der Waals surface area contributed by atoms with Crippen LogP contribution in [0.5, 0.6) is 0 Å². The molecule has 0 bridgehead atoms. The molecule has 1 amide bonds. The van der Waals surface area contributed by atoms with Gasteiger partial charge in [-0.1, -0.05) is 11.3 Å². The summed E-state index contributed by atoms with van der Waals surface area (Å²) in [5.74, 6) is -0.293. The number of carbonyl (C=O) groups excluding carboxylic acids is 1. The van der Waals surface area contributed by atoms with Crippen LogP contribution in [0.1, 0.15) is 5.56 Å². The zero-order chi connectivity index (χ0) is 25.0. The number of benzene rings is 2. The first kappa shape index (κ1) is 24.9. The summed E-state index contributed by atoms with van der Waals surface area (Å²) in [6.45, 7) is 3.86. The highest BCUT2D eigenvalue weighted by atomic mass is 32.2. The highest BCUT2D eigenvalue weighted by Crippen LogP contribution is 2.31. The number of anilines is 1. The molecule has 0 aliphatic carbocycles. The van der Waals surface area contributed by atoms with E-state index >= 15 is 0 Å². The van der Waals surface area contributed by atoms with Gasteiger partial charge in [-0.3, -0.25) is 24.7 Å². The maximum absolute atomic E-state index is 13.2. The molecule has 35 heavy (non-hydrogen) atoms. The van der Waals surface area contributed by atoms with Crippen molar-refractivity contribution in [2.24, 2.45) is 0 Å². The lowest BCUT2D eigenvalue weighted by Crippen LogP contribution is -2.42. The minimum absolute atomic E-state index is 0.0245. The number of ether oxygens (including phenoxy) is 1. The molecule has 184 valence electrons. The Hall–Kier alpha value is -3.19. The van der Waals surface area contributed by atoms with Gasteiger partial charge in [-0.25, -0.2) is 13.4 Å². The van der Waals surface area contributed by atoms with Crippen molar-refractivity contribution in [2.45, 2.75) is 4.90 Å². The number of nitro groups is 1. The monoisotopic (exact) mass is 516 g/mol. The number of nitrogens with zero attached hydrogens (tertiary/aromatic N) is 4. The quantitative estimate of drug-likeness (QED) is 0.254. The van der Waals surface area contributed by atoms with Crippen molar-refractivity contribution < 1.29 is 22.9 Å². The van der Waals surface area contributed by atoms with E-state index in [2.05, 4.69) is 9.88 Å². The van der Waals surface area contributed by atoms with E-state index in [0.717, 1.165) is 19.3 Å². The van der Waals surface area contributed by atoms with Gasteiger partial charge < -0.3 is 4.74 Å². The van der Waals surface area contributed by atoms with E-state index in [-0.39, 0.29) is 16.5 Å². The number of hydrogen-bond donors (Lipinski definition) is 0. The minimum atomic E-state index is -3.37. The molecule has 0 atom stereocenters.